The highest BCUT2D eigenvalue weighted by Gasteiger charge is 2.31. The van der Waals surface area contributed by atoms with E-state index in [1.807, 2.05) is 54.6 Å². The first kappa shape index (κ1) is 17.2. The van der Waals surface area contributed by atoms with Crippen LogP contribution in [0.5, 0.6) is 5.75 Å². The lowest BCUT2D eigenvalue weighted by atomic mass is 10.2. The van der Waals surface area contributed by atoms with Gasteiger partial charge < -0.3 is 9.15 Å². The maximum absolute atomic E-state index is 11.8. The molecule has 0 spiro atoms. The summed E-state index contributed by atoms with van der Waals surface area (Å²) in [6.45, 7) is 0.476. The smallest absolute Gasteiger partial charge is 0.331 e. The van der Waals surface area contributed by atoms with E-state index in [4.69, 9.17) is 9.15 Å². The van der Waals surface area contributed by atoms with Crippen LogP contribution in [0.25, 0.3) is 0 Å². The van der Waals surface area contributed by atoms with Crippen LogP contribution in [-0.2, 0) is 11.4 Å². The fourth-order valence-corrected chi connectivity index (χ4v) is 3.54. The molecule has 0 radical (unpaired) electrons. The van der Waals surface area contributed by atoms with Gasteiger partial charge in [-0.3, -0.25) is 15.0 Å². The molecule has 6 nitrogen and oxygen atoms in total. The van der Waals surface area contributed by atoms with Crippen LogP contribution in [-0.4, -0.2) is 18.5 Å². The lowest BCUT2D eigenvalue weighted by Gasteiger charge is -2.12. The molecule has 1 aliphatic heterocycles. The molecule has 4 rings (SSSR count). The van der Waals surface area contributed by atoms with Gasteiger partial charge in [0.1, 0.15) is 18.9 Å². The summed E-state index contributed by atoms with van der Waals surface area (Å²) in [6, 6.07) is 19.0. The molecule has 136 valence electrons. The maximum Gasteiger partial charge on any atom is 0.331 e. The first-order chi connectivity index (χ1) is 13.2. The summed E-state index contributed by atoms with van der Waals surface area (Å²) in [5, 5.41) is 2.24. The normalized spacial score (nSPS) is 13.7. The van der Waals surface area contributed by atoms with Crippen molar-refractivity contribution in [1.82, 2.24) is 5.32 Å². The monoisotopic (exact) mass is 380 g/mol. The quantitative estimate of drug-likeness (QED) is 0.653. The molecule has 0 saturated carbocycles. The van der Waals surface area contributed by atoms with E-state index in [0.717, 1.165) is 21.1 Å². The minimum Gasteiger partial charge on any atom is -0.489 e. The molecule has 0 aliphatic carbocycles. The summed E-state index contributed by atoms with van der Waals surface area (Å²) in [4.78, 5) is 26.2. The number of ether oxygens (including phenoxy) is 1. The number of rotatable bonds is 6. The molecule has 1 N–H and O–H groups in total. The third-order valence-electron chi connectivity index (χ3n) is 3.95. The van der Waals surface area contributed by atoms with E-state index in [-0.39, 0.29) is 12.5 Å². The molecule has 0 unspecified atom stereocenters. The number of carbonyl (C=O) groups excluding carboxylic acids is 2. The number of nitrogens with one attached hydrogen (secondary N) is 1. The molecular formula is C20H16N2O4S. The molecule has 1 aliphatic rings. The van der Waals surface area contributed by atoms with Crippen LogP contribution >= 0.6 is 11.8 Å². The summed E-state index contributed by atoms with van der Waals surface area (Å²) in [5.41, 5.74) is 1.11. The Morgan fingerprint density at radius 1 is 1.04 bits per heavy atom. The van der Waals surface area contributed by atoms with E-state index < -0.39 is 6.03 Å². The van der Waals surface area contributed by atoms with Crippen LogP contribution < -0.4 is 15.0 Å². The van der Waals surface area contributed by atoms with Crippen LogP contribution in [0.3, 0.4) is 0 Å². The Balaban J connectivity index is 1.41. The summed E-state index contributed by atoms with van der Waals surface area (Å²) in [5.74, 6) is 0.806. The topological polar surface area (TPSA) is 71.8 Å². The van der Waals surface area contributed by atoms with Gasteiger partial charge in [0.15, 0.2) is 0 Å². The first-order valence-corrected chi connectivity index (χ1v) is 9.14. The highest BCUT2D eigenvalue weighted by Crippen LogP contribution is 2.37. The van der Waals surface area contributed by atoms with Crippen molar-refractivity contribution in [3.8, 4) is 5.75 Å². The summed E-state index contributed by atoms with van der Waals surface area (Å²) in [7, 11) is 0. The third kappa shape index (κ3) is 3.98. The second kappa shape index (κ2) is 7.59. The van der Waals surface area contributed by atoms with Crippen molar-refractivity contribution in [2.75, 3.05) is 11.4 Å². The van der Waals surface area contributed by atoms with E-state index in [1.54, 1.807) is 6.07 Å². The standard InChI is InChI=1S/C20H16N2O4S/c23-18-12-22(20(24)21-18)19-17(10-11-25-19)27-16-8-6-15(7-9-16)26-13-14-4-2-1-3-5-14/h1-11H,12-13H2,(H,21,23,24). The highest BCUT2D eigenvalue weighted by molar-refractivity contribution is 7.99. The van der Waals surface area contributed by atoms with Crippen molar-refractivity contribution in [2.45, 2.75) is 16.4 Å². The maximum atomic E-state index is 11.8. The highest BCUT2D eigenvalue weighted by atomic mass is 32.2. The van der Waals surface area contributed by atoms with E-state index in [0.29, 0.717) is 12.5 Å². The molecule has 3 aromatic rings. The van der Waals surface area contributed by atoms with Gasteiger partial charge in [0.25, 0.3) is 0 Å². The van der Waals surface area contributed by atoms with Gasteiger partial charge in [-0.25, -0.2) is 4.79 Å². The lowest BCUT2D eigenvalue weighted by molar-refractivity contribution is -0.117. The van der Waals surface area contributed by atoms with Crippen molar-refractivity contribution < 1.29 is 18.7 Å². The molecule has 3 amide bonds. The molecule has 0 bridgehead atoms. The number of imide groups is 1. The van der Waals surface area contributed by atoms with E-state index in [9.17, 15) is 9.59 Å². The zero-order chi connectivity index (χ0) is 18.6. The SMILES string of the molecule is O=C1CN(c2occc2Sc2ccc(OCc3ccccc3)cc2)C(=O)N1. The van der Waals surface area contributed by atoms with Gasteiger partial charge in [-0.15, -0.1) is 0 Å². The molecule has 1 fully saturated rings. The summed E-state index contributed by atoms with van der Waals surface area (Å²) < 4.78 is 11.2. The van der Waals surface area contributed by atoms with Gasteiger partial charge in [-0.1, -0.05) is 42.1 Å². The Morgan fingerprint density at radius 2 is 1.81 bits per heavy atom. The van der Waals surface area contributed by atoms with Crippen LogP contribution in [0.4, 0.5) is 10.7 Å². The predicted octanol–water partition coefficient (Wildman–Crippen LogP) is 4.07. The Morgan fingerprint density at radius 3 is 2.52 bits per heavy atom. The number of benzene rings is 2. The second-order valence-corrected chi connectivity index (χ2v) is 6.99. The van der Waals surface area contributed by atoms with Crippen molar-refractivity contribution in [3.63, 3.8) is 0 Å². The zero-order valence-corrected chi connectivity index (χ0v) is 15.1. The fourth-order valence-electron chi connectivity index (χ4n) is 2.64. The average Bonchev–Trinajstić information content (AvgIpc) is 3.27. The zero-order valence-electron chi connectivity index (χ0n) is 14.3. The van der Waals surface area contributed by atoms with Crippen molar-refractivity contribution in [2.24, 2.45) is 0 Å². The number of urea groups is 1. The Labute approximate surface area is 160 Å². The Kier molecular flexibility index (Phi) is 4.84. The molecule has 0 atom stereocenters. The number of hydrogen-bond donors (Lipinski definition) is 1. The Bertz CT molecular complexity index is 954. The van der Waals surface area contributed by atoms with Gasteiger partial charge in [0.05, 0.1) is 11.2 Å². The number of furan rings is 1. The molecule has 7 heteroatoms. The van der Waals surface area contributed by atoms with E-state index in [1.165, 1.54) is 22.9 Å². The largest absolute Gasteiger partial charge is 0.489 e. The van der Waals surface area contributed by atoms with Crippen molar-refractivity contribution in [1.29, 1.82) is 0 Å². The van der Waals surface area contributed by atoms with Gasteiger partial charge >= 0.3 is 6.03 Å². The number of anilines is 1. The molecule has 1 saturated heterocycles. The lowest BCUT2D eigenvalue weighted by Crippen LogP contribution is -2.27. The minimum absolute atomic E-state index is 0.0355. The summed E-state index contributed by atoms with van der Waals surface area (Å²) >= 11 is 1.45. The molecule has 2 aromatic carbocycles. The second-order valence-electron chi connectivity index (χ2n) is 5.88. The van der Waals surface area contributed by atoms with Gasteiger partial charge in [-0.2, -0.15) is 0 Å². The first-order valence-electron chi connectivity index (χ1n) is 8.32. The van der Waals surface area contributed by atoms with E-state index in [2.05, 4.69) is 5.32 Å². The van der Waals surface area contributed by atoms with Crippen molar-refractivity contribution >= 4 is 29.6 Å². The van der Waals surface area contributed by atoms with Gasteiger partial charge in [0, 0.05) is 4.90 Å². The Hall–Kier alpha value is -3.19. The number of hydrogen-bond acceptors (Lipinski definition) is 5. The average molecular weight is 380 g/mol. The predicted molar refractivity (Wildman–Crippen MR) is 101 cm³/mol. The van der Waals surface area contributed by atoms with Crippen LogP contribution in [0.2, 0.25) is 0 Å². The molecular weight excluding hydrogens is 364 g/mol. The summed E-state index contributed by atoms with van der Waals surface area (Å²) in [6.07, 6.45) is 1.51. The fraction of sp³-hybridized carbons (Fsp3) is 0.100. The van der Waals surface area contributed by atoms with Crippen molar-refractivity contribution in [3.05, 3.63) is 72.5 Å². The molecule has 1 aromatic heterocycles. The van der Waals surface area contributed by atoms with Crippen LogP contribution in [0, 0.1) is 0 Å². The van der Waals surface area contributed by atoms with E-state index >= 15 is 0 Å². The molecule has 27 heavy (non-hydrogen) atoms. The van der Waals surface area contributed by atoms with Crippen LogP contribution in [0.15, 0.2) is 81.1 Å². The molecule has 2 heterocycles. The van der Waals surface area contributed by atoms with Gasteiger partial charge in [0.2, 0.25) is 11.8 Å². The number of amides is 3. The van der Waals surface area contributed by atoms with Gasteiger partial charge in [-0.05, 0) is 35.9 Å². The minimum atomic E-state index is -0.471. The number of nitrogens with zero attached hydrogens (tertiary/aromatic N) is 1. The van der Waals surface area contributed by atoms with Crippen LogP contribution in [0.1, 0.15) is 5.56 Å². The third-order valence-corrected chi connectivity index (χ3v) is 4.99. The number of carbonyl (C=O) groups is 2.